The van der Waals surface area contributed by atoms with Crippen LogP contribution in [0.15, 0.2) is 65.2 Å². The number of rotatable bonds is 5. The molecule has 0 radical (unpaired) electrons. The molecule has 0 saturated heterocycles. The smallest absolute Gasteiger partial charge is 0.269 e. The van der Waals surface area contributed by atoms with Crippen molar-refractivity contribution in [1.29, 1.82) is 0 Å². The fraction of sp³-hybridized carbons (Fsp3) is 0.105. The topological polar surface area (TPSA) is 84.2 Å². The molecular weight excluding hydrogens is 354 g/mol. The summed E-state index contributed by atoms with van der Waals surface area (Å²) in [6.07, 6.45) is 2.09. The molecule has 0 atom stereocenters. The number of hydrogen-bond donors (Lipinski definition) is 2. The Morgan fingerprint density at radius 2 is 1.73 bits per heavy atom. The number of halogens is 1. The minimum Gasteiger partial charge on any atom is -0.441 e. The SMILES string of the molecule is O=C(CCc1ncc(-c2ccccc2)o1)NNC(=O)c1ccc(Cl)cc1. The molecule has 0 bridgehead atoms. The number of aromatic nitrogens is 1. The second kappa shape index (κ2) is 8.31. The molecule has 1 heterocycles. The van der Waals surface area contributed by atoms with Crippen molar-refractivity contribution in [2.45, 2.75) is 12.8 Å². The highest BCUT2D eigenvalue weighted by Gasteiger charge is 2.10. The zero-order chi connectivity index (χ0) is 18.4. The summed E-state index contributed by atoms with van der Waals surface area (Å²) in [7, 11) is 0. The largest absolute Gasteiger partial charge is 0.441 e. The summed E-state index contributed by atoms with van der Waals surface area (Å²) >= 11 is 5.77. The van der Waals surface area contributed by atoms with E-state index in [9.17, 15) is 9.59 Å². The van der Waals surface area contributed by atoms with Crippen molar-refractivity contribution in [2.24, 2.45) is 0 Å². The number of nitrogens with zero attached hydrogens (tertiary/aromatic N) is 1. The highest BCUT2D eigenvalue weighted by molar-refractivity contribution is 6.30. The molecule has 0 spiro atoms. The number of oxazole rings is 1. The van der Waals surface area contributed by atoms with E-state index >= 15 is 0 Å². The van der Waals surface area contributed by atoms with Crippen molar-refractivity contribution >= 4 is 23.4 Å². The summed E-state index contributed by atoms with van der Waals surface area (Å²) in [5.74, 6) is 0.351. The van der Waals surface area contributed by atoms with Crippen LogP contribution in [0.4, 0.5) is 0 Å². The lowest BCUT2D eigenvalue weighted by atomic mass is 10.2. The average molecular weight is 370 g/mol. The standard InChI is InChI=1S/C19H16ClN3O3/c20-15-8-6-14(7-9-15)19(25)23-22-17(24)10-11-18-21-12-16(26-18)13-4-2-1-3-5-13/h1-9,12H,10-11H2,(H,22,24)(H,23,25). The first-order valence-corrected chi connectivity index (χ1v) is 8.34. The Hall–Kier alpha value is -3.12. The van der Waals surface area contributed by atoms with Gasteiger partial charge in [-0.2, -0.15) is 0 Å². The van der Waals surface area contributed by atoms with E-state index in [0.717, 1.165) is 5.56 Å². The van der Waals surface area contributed by atoms with Crippen molar-refractivity contribution < 1.29 is 14.0 Å². The first kappa shape index (κ1) is 17.7. The third-order valence-electron chi connectivity index (χ3n) is 3.60. The Bertz CT molecular complexity index is 892. The van der Waals surface area contributed by atoms with Gasteiger partial charge >= 0.3 is 0 Å². The number of carbonyl (C=O) groups is 2. The molecule has 1 aromatic heterocycles. The van der Waals surface area contributed by atoms with E-state index in [1.165, 1.54) is 0 Å². The lowest BCUT2D eigenvalue weighted by Crippen LogP contribution is -2.41. The predicted molar refractivity (Wildman–Crippen MR) is 97.3 cm³/mol. The highest BCUT2D eigenvalue weighted by Crippen LogP contribution is 2.20. The molecule has 6 nitrogen and oxygen atoms in total. The molecule has 132 valence electrons. The van der Waals surface area contributed by atoms with Crippen LogP contribution in [0.2, 0.25) is 5.02 Å². The van der Waals surface area contributed by atoms with Gasteiger partial charge in [-0.1, -0.05) is 41.9 Å². The summed E-state index contributed by atoms with van der Waals surface area (Å²) in [5, 5.41) is 0.534. The summed E-state index contributed by atoms with van der Waals surface area (Å²) in [5.41, 5.74) is 6.04. The summed E-state index contributed by atoms with van der Waals surface area (Å²) in [6, 6.07) is 15.9. The Labute approximate surface area is 155 Å². The number of carbonyl (C=O) groups excluding carboxylic acids is 2. The van der Waals surface area contributed by atoms with Crippen LogP contribution in [0.3, 0.4) is 0 Å². The van der Waals surface area contributed by atoms with Crippen LogP contribution in [0.1, 0.15) is 22.7 Å². The van der Waals surface area contributed by atoms with Gasteiger partial charge in [0.2, 0.25) is 5.91 Å². The highest BCUT2D eigenvalue weighted by atomic mass is 35.5. The molecule has 0 saturated carbocycles. The van der Waals surface area contributed by atoms with E-state index in [1.807, 2.05) is 30.3 Å². The van der Waals surface area contributed by atoms with Crippen LogP contribution in [-0.4, -0.2) is 16.8 Å². The van der Waals surface area contributed by atoms with Crippen LogP contribution >= 0.6 is 11.6 Å². The van der Waals surface area contributed by atoms with Gasteiger partial charge in [-0.3, -0.25) is 20.4 Å². The van der Waals surface area contributed by atoms with Crippen LogP contribution in [0.5, 0.6) is 0 Å². The Balaban J connectivity index is 1.46. The third kappa shape index (κ3) is 4.70. The van der Waals surface area contributed by atoms with E-state index in [0.29, 0.717) is 28.7 Å². The van der Waals surface area contributed by atoms with Crippen LogP contribution < -0.4 is 10.9 Å². The normalized spacial score (nSPS) is 10.3. The zero-order valence-electron chi connectivity index (χ0n) is 13.7. The van der Waals surface area contributed by atoms with Gasteiger partial charge in [-0.15, -0.1) is 0 Å². The van der Waals surface area contributed by atoms with Gasteiger partial charge in [0.1, 0.15) is 0 Å². The molecule has 0 aliphatic carbocycles. The zero-order valence-corrected chi connectivity index (χ0v) is 14.5. The first-order chi connectivity index (χ1) is 12.6. The molecule has 2 aromatic carbocycles. The molecule has 26 heavy (non-hydrogen) atoms. The van der Waals surface area contributed by atoms with Crippen LogP contribution in [-0.2, 0) is 11.2 Å². The summed E-state index contributed by atoms with van der Waals surface area (Å²) in [6.45, 7) is 0. The molecule has 7 heteroatoms. The first-order valence-electron chi connectivity index (χ1n) is 7.97. The molecule has 0 unspecified atom stereocenters. The van der Waals surface area contributed by atoms with Gasteiger partial charge < -0.3 is 4.42 Å². The number of nitrogens with one attached hydrogen (secondary N) is 2. The molecule has 3 aromatic rings. The predicted octanol–water partition coefficient (Wildman–Crippen LogP) is 3.39. The van der Waals surface area contributed by atoms with Crippen molar-refractivity contribution in [3.05, 3.63) is 77.3 Å². The van der Waals surface area contributed by atoms with Gasteiger partial charge in [0, 0.05) is 29.0 Å². The number of hydrazine groups is 1. The Morgan fingerprint density at radius 3 is 2.46 bits per heavy atom. The van der Waals surface area contributed by atoms with Crippen molar-refractivity contribution in [1.82, 2.24) is 15.8 Å². The lowest BCUT2D eigenvalue weighted by molar-refractivity contribution is -0.121. The molecular formula is C19H16ClN3O3. The molecule has 2 N–H and O–H groups in total. The van der Waals surface area contributed by atoms with Gasteiger partial charge in [0.15, 0.2) is 11.7 Å². The summed E-state index contributed by atoms with van der Waals surface area (Å²) in [4.78, 5) is 27.9. The molecule has 0 aliphatic rings. The molecule has 2 amide bonds. The summed E-state index contributed by atoms with van der Waals surface area (Å²) < 4.78 is 5.64. The maximum atomic E-state index is 11.9. The number of amides is 2. The van der Waals surface area contributed by atoms with Gasteiger partial charge in [0.25, 0.3) is 5.91 Å². The number of hydrogen-bond acceptors (Lipinski definition) is 4. The van der Waals surface area contributed by atoms with Gasteiger partial charge in [0.05, 0.1) is 6.20 Å². The fourth-order valence-corrected chi connectivity index (χ4v) is 2.37. The van der Waals surface area contributed by atoms with Gasteiger partial charge in [-0.05, 0) is 24.3 Å². The lowest BCUT2D eigenvalue weighted by Gasteiger charge is -2.06. The minimum absolute atomic E-state index is 0.135. The van der Waals surface area contributed by atoms with Crippen molar-refractivity contribution in [2.75, 3.05) is 0 Å². The second-order valence-corrected chi connectivity index (χ2v) is 5.93. The third-order valence-corrected chi connectivity index (χ3v) is 3.85. The molecule has 0 aliphatic heterocycles. The monoisotopic (exact) mass is 369 g/mol. The Kier molecular flexibility index (Phi) is 5.66. The van der Waals surface area contributed by atoms with E-state index in [-0.39, 0.29) is 12.3 Å². The van der Waals surface area contributed by atoms with E-state index in [4.69, 9.17) is 16.0 Å². The van der Waals surface area contributed by atoms with Crippen LogP contribution in [0.25, 0.3) is 11.3 Å². The second-order valence-electron chi connectivity index (χ2n) is 5.49. The van der Waals surface area contributed by atoms with Crippen molar-refractivity contribution in [3.8, 4) is 11.3 Å². The van der Waals surface area contributed by atoms with E-state index in [1.54, 1.807) is 30.5 Å². The maximum Gasteiger partial charge on any atom is 0.269 e. The average Bonchev–Trinajstić information content (AvgIpc) is 3.15. The maximum absolute atomic E-state index is 11.9. The fourth-order valence-electron chi connectivity index (χ4n) is 2.24. The number of aryl methyl sites for hydroxylation is 1. The van der Waals surface area contributed by atoms with Gasteiger partial charge in [-0.25, -0.2) is 4.98 Å². The minimum atomic E-state index is -0.419. The molecule has 0 fully saturated rings. The van der Waals surface area contributed by atoms with E-state index in [2.05, 4.69) is 15.8 Å². The van der Waals surface area contributed by atoms with Crippen molar-refractivity contribution in [3.63, 3.8) is 0 Å². The quantitative estimate of drug-likeness (QED) is 0.675. The molecule has 3 rings (SSSR count). The van der Waals surface area contributed by atoms with E-state index < -0.39 is 5.91 Å². The Morgan fingerprint density at radius 1 is 1.00 bits per heavy atom. The number of benzene rings is 2. The van der Waals surface area contributed by atoms with Crippen LogP contribution in [0, 0.1) is 0 Å².